The van der Waals surface area contributed by atoms with Gasteiger partial charge in [-0.25, -0.2) is 0 Å². The number of thiocarbonyl (C=S) groups is 1. The maximum Gasteiger partial charge on any atom is 0.269 e. The lowest BCUT2D eigenvalue weighted by molar-refractivity contribution is -0.119. The fourth-order valence-electron chi connectivity index (χ4n) is 2.28. The third kappa shape index (κ3) is 7.75. The Balaban J connectivity index is 1.73. The van der Waals surface area contributed by atoms with Crippen molar-refractivity contribution in [2.75, 3.05) is 6.61 Å². The summed E-state index contributed by atoms with van der Waals surface area (Å²) in [7, 11) is 0. The summed E-state index contributed by atoms with van der Waals surface area (Å²) in [4.78, 5) is 24.1. The number of ether oxygens (including phenoxy) is 1. The van der Waals surface area contributed by atoms with Gasteiger partial charge in [0.15, 0.2) is 5.11 Å². The topological polar surface area (TPSA) is 79.5 Å². The van der Waals surface area contributed by atoms with E-state index in [-0.39, 0.29) is 23.3 Å². The normalized spacial score (nSPS) is 10.2. The lowest BCUT2D eigenvalue weighted by Gasteiger charge is -2.11. The first-order valence-electron chi connectivity index (χ1n) is 9.11. The van der Waals surface area contributed by atoms with Gasteiger partial charge < -0.3 is 10.1 Å². The van der Waals surface area contributed by atoms with Gasteiger partial charge in [-0.15, -0.1) is 0 Å². The molecule has 0 aliphatic rings. The second kappa shape index (κ2) is 11.0. The molecule has 0 heterocycles. The molecule has 0 unspecified atom stereocenters. The lowest BCUT2D eigenvalue weighted by Crippen LogP contribution is -2.48. The minimum absolute atomic E-state index is 0.0305. The molecule has 3 N–H and O–H groups in total. The number of carbonyl (C=O) groups excluding carboxylic acids is 2. The molecule has 2 amide bonds. The summed E-state index contributed by atoms with van der Waals surface area (Å²) in [5.74, 6) is 0.663. The van der Waals surface area contributed by atoms with Crippen molar-refractivity contribution >= 4 is 29.1 Å². The zero-order valence-corrected chi connectivity index (χ0v) is 16.8. The van der Waals surface area contributed by atoms with E-state index in [2.05, 4.69) is 30.0 Å². The van der Waals surface area contributed by atoms with Crippen LogP contribution in [0, 0.1) is 5.92 Å². The highest BCUT2D eigenvalue weighted by Gasteiger charge is 2.09. The monoisotopic (exact) mass is 399 g/mol. The molecule has 0 radical (unpaired) electrons. The summed E-state index contributed by atoms with van der Waals surface area (Å²) in [6, 6.07) is 16.1. The predicted octanol–water partition coefficient (Wildman–Crippen LogP) is 2.99. The van der Waals surface area contributed by atoms with Gasteiger partial charge in [-0.3, -0.25) is 20.4 Å². The van der Waals surface area contributed by atoms with Gasteiger partial charge in [0, 0.05) is 5.56 Å². The van der Waals surface area contributed by atoms with Crippen LogP contribution in [0.1, 0.15) is 36.2 Å². The average Bonchev–Trinajstić information content (AvgIpc) is 2.67. The predicted molar refractivity (Wildman–Crippen MR) is 113 cm³/mol. The number of rotatable bonds is 7. The van der Waals surface area contributed by atoms with Crippen molar-refractivity contribution in [2.45, 2.75) is 26.7 Å². The van der Waals surface area contributed by atoms with Gasteiger partial charge in [-0.05, 0) is 54.4 Å². The third-order valence-corrected chi connectivity index (χ3v) is 4.03. The first-order valence-corrected chi connectivity index (χ1v) is 9.52. The highest BCUT2D eigenvalue weighted by Crippen LogP contribution is 2.13. The quantitative estimate of drug-likeness (QED) is 0.493. The van der Waals surface area contributed by atoms with Crippen LogP contribution in [0.4, 0.5) is 0 Å². The maximum atomic E-state index is 12.2. The van der Waals surface area contributed by atoms with Crippen LogP contribution in [0.2, 0.25) is 0 Å². The minimum atomic E-state index is -0.367. The average molecular weight is 400 g/mol. The number of hydrogen-bond acceptors (Lipinski definition) is 4. The molecule has 0 atom stereocenters. The van der Waals surface area contributed by atoms with E-state index in [1.807, 2.05) is 30.3 Å². The summed E-state index contributed by atoms with van der Waals surface area (Å²) in [5, 5.41) is 2.55. The SMILES string of the molecule is CC(C)CCOc1ccc(C(=O)NNC(=S)NC(=O)Cc2ccccc2)cc1. The molecule has 0 saturated carbocycles. The molecule has 0 bridgehead atoms. The smallest absolute Gasteiger partial charge is 0.269 e. The van der Waals surface area contributed by atoms with Crippen molar-refractivity contribution in [3.05, 3.63) is 65.7 Å². The molecule has 0 aliphatic heterocycles. The summed E-state index contributed by atoms with van der Waals surface area (Å²) >= 11 is 5.03. The number of hydrogen-bond donors (Lipinski definition) is 3. The Morgan fingerprint density at radius 1 is 1.00 bits per heavy atom. The molecule has 7 heteroatoms. The van der Waals surface area contributed by atoms with E-state index in [1.54, 1.807) is 24.3 Å². The van der Waals surface area contributed by atoms with Crippen LogP contribution in [-0.2, 0) is 11.2 Å². The fourth-order valence-corrected chi connectivity index (χ4v) is 2.45. The van der Waals surface area contributed by atoms with Crippen molar-refractivity contribution in [2.24, 2.45) is 5.92 Å². The van der Waals surface area contributed by atoms with E-state index in [1.165, 1.54) is 0 Å². The third-order valence-electron chi connectivity index (χ3n) is 3.83. The van der Waals surface area contributed by atoms with Gasteiger partial charge in [0.05, 0.1) is 13.0 Å². The molecule has 0 spiro atoms. The van der Waals surface area contributed by atoms with Crippen LogP contribution in [0.3, 0.4) is 0 Å². The summed E-state index contributed by atoms with van der Waals surface area (Å²) in [5.41, 5.74) is 6.31. The van der Waals surface area contributed by atoms with Crippen LogP contribution in [-0.4, -0.2) is 23.5 Å². The zero-order valence-electron chi connectivity index (χ0n) is 16.0. The number of hydrazine groups is 1. The Kier molecular flexibility index (Phi) is 8.42. The molecule has 28 heavy (non-hydrogen) atoms. The van der Waals surface area contributed by atoms with Crippen LogP contribution in [0.5, 0.6) is 5.75 Å². The number of nitrogens with one attached hydrogen (secondary N) is 3. The van der Waals surface area contributed by atoms with E-state index >= 15 is 0 Å². The summed E-state index contributed by atoms with van der Waals surface area (Å²) in [6.45, 7) is 4.92. The van der Waals surface area contributed by atoms with Crippen molar-refractivity contribution in [1.29, 1.82) is 0 Å². The molecule has 0 aromatic heterocycles. The van der Waals surface area contributed by atoms with Crippen molar-refractivity contribution in [1.82, 2.24) is 16.2 Å². The molecule has 148 valence electrons. The molecule has 0 saturated heterocycles. The van der Waals surface area contributed by atoms with Gasteiger partial charge in [0.2, 0.25) is 5.91 Å². The van der Waals surface area contributed by atoms with Crippen LogP contribution in [0.15, 0.2) is 54.6 Å². The Hall–Kier alpha value is -2.93. The van der Waals surface area contributed by atoms with E-state index in [0.29, 0.717) is 23.8 Å². The summed E-state index contributed by atoms with van der Waals surface area (Å²) < 4.78 is 5.63. The van der Waals surface area contributed by atoms with Crippen LogP contribution < -0.4 is 20.9 Å². The standard InChI is InChI=1S/C21H25N3O3S/c1-15(2)12-13-27-18-10-8-17(9-11-18)20(26)23-24-21(28)22-19(25)14-16-6-4-3-5-7-16/h3-11,15H,12-14H2,1-2H3,(H,23,26)(H2,22,24,25,28). The molecule has 6 nitrogen and oxygen atoms in total. The number of benzene rings is 2. The molecule has 0 aliphatic carbocycles. The van der Waals surface area contributed by atoms with Gasteiger partial charge in [0.25, 0.3) is 5.91 Å². The van der Waals surface area contributed by atoms with Crippen molar-refractivity contribution in [3.8, 4) is 5.75 Å². The van der Waals surface area contributed by atoms with Gasteiger partial charge >= 0.3 is 0 Å². The Morgan fingerprint density at radius 3 is 2.32 bits per heavy atom. The molecular weight excluding hydrogens is 374 g/mol. The fraction of sp³-hybridized carbons (Fsp3) is 0.286. The molecule has 2 rings (SSSR count). The summed E-state index contributed by atoms with van der Waals surface area (Å²) in [6.07, 6.45) is 1.18. The van der Waals surface area contributed by atoms with Crippen LogP contribution >= 0.6 is 12.2 Å². The molecular formula is C21H25N3O3S. The van der Waals surface area contributed by atoms with Gasteiger partial charge in [0.1, 0.15) is 5.75 Å². The van der Waals surface area contributed by atoms with E-state index in [0.717, 1.165) is 12.0 Å². The molecule has 2 aromatic carbocycles. The second-order valence-corrected chi connectivity index (χ2v) is 7.08. The lowest BCUT2D eigenvalue weighted by atomic mass is 10.1. The molecule has 2 aromatic rings. The highest BCUT2D eigenvalue weighted by molar-refractivity contribution is 7.80. The van der Waals surface area contributed by atoms with Gasteiger partial charge in [-0.2, -0.15) is 0 Å². The Labute approximate surface area is 170 Å². The van der Waals surface area contributed by atoms with E-state index in [9.17, 15) is 9.59 Å². The van der Waals surface area contributed by atoms with E-state index in [4.69, 9.17) is 17.0 Å². The molecule has 0 fully saturated rings. The number of amides is 2. The van der Waals surface area contributed by atoms with Gasteiger partial charge in [-0.1, -0.05) is 44.2 Å². The first-order chi connectivity index (χ1) is 13.4. The first kappa shape index (κ1) is 21.4. The van der Waals surface area contributed by atoms with E-state index < -0.39 is 0 Å². The van der Waals surface area contributed by atoms with Crippen molar-refractivity contribution < 1.29 is 14.3 Å². The Morgan fingerprint density at radius 2 is 1.68 bits per heavy atom. The van der Waals surface area contributed by atoms with Crippen molar-refractivity contribution in [3.63, 3.8) is 0 Å². The highest BCUT2D eigenvalue weighted by atomic mass is 32.1. The second-order valence-electron chi connectivity index (χ2n) is 6.67. The number of carbonyl (C=O) groups is 2. The van der Waals surface area contributed by atoms with Crippen LogP contribution in [0.25, 0.3) is 0 Å². The largest absolute Gasteiger partial charge is 0.494 e. The zero-order chi connectivity index (χ0) is 20.4. The Bertz CT molecular complexity index is 792. The maximum absolute atomic E-state index is 12.2. The minimum Gasteiger partial charge on any atom is -0.494 e.